The molecule has 1 aromatic heterocycles. The summed E-state index contributed by atoms with van der Waals surface area (Å²) in [5.74, 6) is 0.652. The minimum Gasteiger partial charge on any atom is -0.436 e. The van der Waals surface area contributed by atoms with Gasteiger partial charge in [0.05, 0.1) is 0 Å². The molecule has 1 heterocycles. The van der Waals surface area contributed by atoms with Crippen LogP contribution in [0.4, 0.5) is 0 Å². The highest BCUT2D eigenvalue weighted by Gasteiger charge is 2.13. The Morgan fingerprint density at radius 1 is 0.750 bits per heavy atom. The maximum Gasteiger partial charge on any atom is 0.227 e. The van der Waals surface area contributed by atoms with E-state index in [0.717, 1.165) is 31.9 Å². The van der Waals surface area contributed by atoms with Gasteiger partial charge in [-0.25, -0.2) is 4.98 Å². The lowest BCUT2D eigenvalue weighted by Gasteiger charge is -1.99. The molecule has 0 radical (unpaired) electrons. The molecule has 0 aliphatic rings. The van der Waals surface area contributed by atoms with E-state index in [1.54, 1.807) is 0 Å². The standard InChI is InChI=1S/C21H12BrNO/c22-18-12-19-20(17-8-4-3-7-16(17)18)23-21(24-19)15-10-9-13-5-1-2-6-14(13)11-15/h1-12H. The van der Waals surface area contributed by atoms with Crippen LogP contribution in [0.25, 0.3) is 44.1 Å². The summed E-state index contributed by atoms with van der Waals surface area (Å²) in [7, 11) is 0. The van der Waals surface area contributed by atoms with Crippen molar-refractivity contribution in [1.29, 1.82) is 0 Å². The normalized spacial score (nSPS) is 11.5. The molecule has 3 heteroatoms. The van der Waals surface area contributed by atoms with Crippen molar-refractivity contribution < 1.29 is 4.42 Å². The van der Waals surface area contributed by atoms with Gasteiger partial charge < -0.3 is 4.42 Å². The van der Waals surface area contributed by atoms with Gasteiger partial charge >= 0.3 is 0 Å². The number of hydrogen-bond acceptors (Lipinski definition) is 2. The Labute approximate surface area is 146 Å². The average molecular weight is 374 g/mol. The highest BCUT2D eigenvalue weighted by Crippen LogP contribution is 2.34. The predicted octanol–water partition coefficient (Wildman–Crippen LogP) is 6.56. The zero-order valence-electron chi connectivity index (χ0n) is 12.7. The largest absolute Gasteiger partial charge is 0.436 e. The molecule has 0 aliphatic heterocycles. The minimum absolute atomic E-state index is 0.652. The Balaban J connectivity index is 1.78. The van der Waals surface area contributed by atoms with Crippen LogP contribution >= 0.6 is 15.9 Å². The first-order chi connectivity index (χ1) is 11.8. The Morgan fingerprint density at radius 2 is 1.50 bits per heavy atom. The van der Waals surface area contributed by atoms with Gasteiger partial charge in [-0.3, -0.25) is 0 Å². The quantitative estimate of drug-likeness (QED) is 0.332. The molecular formula is C21H12BrNO. The SMILES string of the molecule is Brc1cc2oc(-c3ccc4ccccc4c3)nc2c2ccccc12. The highest BCUT2D eigenvalue weighted by atomic mass is 79.9. The van der Waals surface area contributed by atoms with Crippen LogP contribution in [0.5, 0.6) is 0 Å². The summed E-state index contributed by atoms with van der Waals surface area (Å²) in [6.45, 7) is 0. The second-order valence-electron chi connectivity index (χ2n) is 5.83. The van der Waals surface area contributed by atoms with Gasteiger partial charge in [0.15, 0.2) is 5.58 Å². The van der Waals surface area contributed by atoms with Crippen LogP contribution in [-0.4, -0.2) is 4.98 Å². The summed E-state index contributed by atoms with van der Waals surface area (Å²) in [5.41, 5.74) is 2.69. The van der Waals surface area contributed by atoms with E-state index < -0.39 is 0 Å². The molecule has 24 heavy (non-hydrogen) atoms. The third-order valence-corrected chi connectivity index (χ3v) is 5.00. The topological polar surface area (TPSA) is 26.0 Å². The molecule has 0 spiro atoms. The molecule has 5 aromatic rings. The van der Waals surface area contributed by atoms with Crippen LogP contribution in [0.15, 0.2) is 81.7 Å². The molecule has 0 amide bonds. The fourth-order valence-corrected chi connectivity index (χ4v) is 3.71. The second-order valence-corrected chi connectivity index (χ2v) is 6.69. The maximum atomic E-state index is 6.05. The van der Waals surface area contributed by atoms with Crippen molar-refractivity contribution in [1.82, 2.24) is 4.98 Å². The van der Waals surface area contributed by atoms with Crippen molar-refractivity contribution in [3.8, 4) is 11.5 Å². The van der Waals surface area contributed by atoms with Crippen molar-refractivity contribution in [3.63, 3.8) is 0 Å². The lowest BCUT2D eigenvalue weighted by Crippen LogP contribution is -1.79. The molecule has 0 atom stereocenters. The van der Waals surface area contributed by atoms with Crippen LogP contribution in [-0.2, 0) is 0 Å². The number of aromatic nitrogens is 1. The number of halogens is 1. The number of nitrogens with zero attached hydrogens (tertiary/aromatic N) is 1. The summed E-state index contributed by atoms with van der Waals surface area (Å²) >= 11 is 3.63. The van der Waals surface area contributed by atoms with Gasteiger partial charge in [0, 0.05) is 15.4 Å². The number of benzene rings is 4. The smallest absolute Gasteiger partial charge is 0.227 e. The third-order valence-electron chi connectivity index (χ3n) is 4.35. The molecule has 5 rings (SSSR count). The molecule has 2 nitrogen and oxygen atoms in total. The Bertz CT molecular complexity index is 1220. The summed E-state index contributed by atoms with van der Waals surface area (Å²) < 4.78 is 7.07. The Hall–Kier alpha value is -2.65. The predicted molar refractivity (Wildman–Crippen MR) is 102 cm³/mol. The molecule has 0 bridgehead atoms. The first-order valence-corrected chi connectivity index (χ1v) is 8.56. The third kappa shape index (κ3) is 2.05. The van der Waals surface area contributed by atoms with Crippen LogP contribution < -0.4 is 0 Å². The van der Waals surface area contributed by atoms with Gasteiger partial charge in [-0.2, -0.15) is 0 Å². The molecule has 0 unspecified atom stereocenters. The van der Waals surface area contributed by atoms with E-state index in [9.17, 15) is 0 Å². The van der Waals surface area contributed by atoms with Crippen molar-refractivity contribution >= 4 is 48.6 Å². The van der Waals surface area contributed by atoms with E-state index in [0.29, 0.717) is 5.89 Å². The van der Waals surface area contributed by atoms with Gasteiger partial charge in [0.25, 0.3) is 0 Å². The number of hydrogen-bond donors (Lipinski definition) is 0. The fourth-order valence-electron chi connectivity index (χ4n) is 3.16. The average Bonchev–Trinajstić information content (AvgIpc) is 3.06. The fraction of sp³-hybridized carbons (Fsp3) is 0. The molecule has 0 aliphatic carbocycles. The molecule has 0 N–H and O–H groups in total. The van der Waals surface area contributed by atoms with Crippen molar-refractivity contribution in [2.24, 2.45) is 0 Å². The van der Waals surface area contributed by atoms with E-state index >= 15 is 0 Å². The van der Waals surface area contributed by atoms with Crippen LogP contribution in [0.3, 0.4) is 0 Å². The van der Waals surface area contributed by atoms with E-state index in [1.807, 2.05) is 30.3 Å². The van der Waals surface area contributed by atoms with E-state index in [2.05, 4.69) is 58.4 Å². The van der Waals surface area contributed by atoms with Gasteiger partial charge in [-0.15, -0.1) is 0 Å². The molecular weight excluding hydrogens is 362 g/mol. The first-order valence-electron chi connectivity index (χ1n) is 7.76. The Morgan fingerprint density at radius 3 is 2.38 bits per heavy atom. The summed E-state index contributed by atoms with van der Waals surface area (Å²) in [6, 6.07) is 24.8. The molecule has 0 saturated heterocycles. The van der Waals surface area contributed by atoms with E-state index in [4.69, 9.17) is 9.40 Å². The maximum absolute atomic E-state index is 6.05. The highest BCUT2D eigenvalue weighted by molar-refractivity contribution is 9.10. The molecule has 0 saturated carbocycles. The van der Waals surface area contributed by atoms with Gasteiger partial charge in [0.2, 0.25) is 5.89 Å². The van der Waals surface area contributed by atoms with Crippen molar-refractivity contribution in [2.45, 2.75) is 0 Å². The zero-order chi connectivity index (χ0) is 16.1. The van der Waals surface area contributed by atoms with Crippen LogP contribution in [0.2, 0.25) is 0 Å². The monoisotopic (exact) mass is 373 g/mol. The lowest BCUT2D eigenvalue weighted by atomic mass is 10.1. The van der Waals surface area contributed by atoms with Crippen molar-refractivity contribution in [2.75, 3.05) is 0 Å². The minimum atomic E-state index is 0.652. The van der Waals surface area contributed by atoms with Gasteiger partial charge in [0.1, 0.15) is 5.52 Å². The van der Waals surface area contributed by atoms with Crippen LogP contribution in [0, 0.1) is 0 Å². The van der Waals surface area contributed by atoms with Crippen LogP contribution in [0.1, 0.15) is 0 Å². The molecule has 4 aromatic carbocycles. The summed E-state index contributed by atoms with van der Waals surface area (Å²) in [5, 5.41) is 4.63. The lowest BCUT2D eigenvalue weighted by molar-refractivity contribution is 0.620. The summed E-state index contributed by atoms with van der Waals surface area (Å²) in [6.07, 6.45) is 0. The molecule has 114 valence electrons. The Kier molecular flexibility index (Phi) is 2.97. The van der Waals surface area contributed by atoms with E-state index in [-0.39, 0.29) is 0 Å². The second kappa shape index (κ2) is 5.18. The first kappa shape index (κ1) is 13.8. The number of oxazole rings is 1. The zero-order valence-corrected chi connectivity index (χ0v) is 14.2. The summed E-state index contributed by atoms with van der Waals surface area (Å²) in [4.78, 5) is 4.77. The van der Waals surface area contributed by atoms with Crippen molar-refractivity contribution in [3.05, 3.63) is 77.3 Å². The van der Waals surface area contributed by atoms with Gasteiger partial charge in [-0.05, 0) is 34.4 Å². The number of rotatable bonds is 1. The number of fused-ring (bicyclic) bond motifs is 4. The molecule has 0 fully saturated rings. The van der Waals surface area contributed by atoms with E-state index in [1.165, 1.54) is 10.8 Å². The van der Waals surface area contributed by atoms with Gasteiger partial charge in [-0.1, -0.05) is 70.5 Å².